The summed E-state index contributed by atoms with van der Waals surface area (Å²) in [5.74, 6) is -1.98. The molecule has 0 rings (SSSR count). The molecule has 0 aromatic carbocycles. The van der Waals surface area contributed by atoms with Crippen LogP contribution in [0, 0.1) is 0 Å². The summed E-state index contributed by atoms with van der Waals surface area (Å²) < 4.78 is 13.7. The van der Waals surface area contributed by atoms with E-state index in [-0.39, 0.29) is 5.57 Å². The summed E-state index contributed by atoms with van der Waals surface area (Å²) in [7, 11) is 1.17. The van der Waals surface area contributed by atoms with E-state index in [4.69, 9.17) is 4.74 Å². The topological polar surface area (TPSA) is 61.8 Å². The van der Waals surface area contributed by atoms with Gasteiger partial charge in [0.25, 0.3) is 5.79 Å². The molecule has 0 aromatic heterocycles. The molecule has 14 heavy (non-hydrogen) atoms. The number of esters is 1. The van der Waals surface area contributed by atoms with E-state index in [1.807, 2.05) is 0 Å². The molecule has 0 aliphatic rings. The van der Waals surface area contributed by atoms with Gasteiger partial charge in [0.15, 0.2) is 0 Å². The molecule has 0 saturated heterocycles. The monoisotopic (exact) mass is 202 g/mol. The Bertz CT molecular complexity index is 254. The van der Waals surface area contributed by atoms with Crippen LogP contribution in [0.4, 0.5) is 4.79 Å². The lowest BCUT2D eigenvalue weighted by Crippen LogP contribution is -2.34. The number of hydrogen-bond donors (Lipinski definition) is 0. The van der Waals surface area contributed by atoms with Gasteiger partial charge in [-0.3, -0.25) is 0 Å². The van der Waals surface area contributed by atoms with Crippen LogP contribution in [-0.2, 0) is 19.0 Å². The van der Waals surface area contributed by atoms with Gasteiger partial charge in [0.1, 0.15) is 0 Å². The van der Waals surface area contributed by atoms with E-state index >= 15 is 0 Å². The number of hydrogen-bond acceptors (Lipinski definition) is 5. The first-order chi connectivity index (χ1) is 6.28. The molecule has 0 N–H and O–H groups in total. The van der Waals surface area contributed by atoms with E-state index in [1.54, 1.807) is 0 Å². The Kier molecular flexibility index (Phi) is 4.14. The largest absolute Gasteiger partial charge is 0.511 e. The number of methoxy groups -OCH3 is 1. The summed E-state index contributed by atoms with van der Waals surface area (Å²) in [5, 5.41) is 0. The molecule has 0 radical (unpaired) electrons. The lowest BCUT2D eigenvalue weighted by Gasteiger charge is -2.23. The quantitative estimate of drug-likeness (QED) is 0.395. The predicted molar refractivity (Wildman–Crippen MR) is 48.5 cm³/mol. The van der Waals surface area contributed by atoms with Crippen LogP contribution in [0.15, 0.2) is 12.2 Å². The zero-order valence-electron chi connectivity index (χ0n) is 8.75. The van der Waals surface area contributed by atoms with Crippen LogP contribution in [0.3, 0.4) is 0 Å². The van der Waals surface area contributed by atoms with Gasteiger partial charge in [-0.15, -0.1) is 0 Å². The van der Waals surface area contributed by atoms with Crippen LogP contribution in [0.25, 0.3) is 0 Å². The van der Waals surface area contributed by atoms with Crippen LogP contribution in [0.1, 0.15) is 20.8 Å². The average Bonchev–Trinajstić information content (AvgIpc) is 2.02. The fourth-order valence-electron chi connectivity index (χ4n) is 0.574. The lowest BCUT2D eigenvalue weighted by atomic mass is 10.3. The van der Waals surface area contributed by atoms with Crippen molar-refractivity contribution < 1.29 is 23.8 Å². The Morgan fingerprint density at radius 3 is 2.07 bits per heavy atom. The Hall–Kier alpha value is -1.52. The van der Waals surface area contributed by atoms with Crippen molar-refractivity contribution in [1.29, 1.82) is 0 Å². The van der Waals surface area contributed by atoms with Gasteiger partial charge >= 0.3 is 12.1 Å². The minimum atomic E-state index is -1.36. The van der Waals surface area contributed by atoms with Gasteiger partial charge < -0.3 is 14.2 Å². The number of ether oxygens (including phenoxy) is 3. The van der Waals surface area contributed by atoms with Gasteiger partial charge in [0.2, 0.25) is 0 Å². The third-order valence-corrected chi connectivity index (χ3v) is 1.18. The van der Waals surface area contributed by atoms with Crippen LogP contribution >= 0.6 is 0 Å². The van der Waals surface area contributed by atoms with Gasteiger partial charge in [-0.25, -0.2) is 9.59 Å². The molecule has 0 aromatic rings. The molecule has 0 fully saturated rings. The summed E-state index contributed by atoms with van der Waals surface area (Å²) in [4.78, 5) is 21.8. The Labute approximate surface area is 82.6 Å². The second kappa shape index (κ2) is 4.64. The highest BCUT2D eigenvalue weighted by molar-refractivity contribution is 5.87. The smallest absolute Gasteiger partial charge is 0.438 e. The van der Waals surface area contributed by atoms with E-state index in [0.29, 0.717) is 0 Å². The summed E-state index contributed by atoms with van der Waals surface area (Å²) >= 11 is 0. The standard InChI is InChI=1S/C9H14O5/c1-6(2)7(10)13-9(3,4)14-8(11)12-5/h1H2,2-5H3. The van der Waals surface area contributed by atoms with Crippen molar-refractivity contribution in [3.8, 4) is 0 Å². The molecule has 5 nitrogen and oxygen atoms in total. The summed E-state index contributed by atoms with van der Waals surface area (Å²) in [6.45, 7) is 7.73. The molecule has 0 saturated carbocycles. The predicted octanol–water partition coefficient (Wildman–Crippen LogP) is 1.62. The molecule has 80 valence electrons. The van der Waals surface area contributed by atoms with E-state index in [9.17, 15) is 9.59 Å². The van der Waals surface area contributed by atoms with Crippen molar-refractivity contribution in [2.45, 2.75) is 26.6 Å². The minimum absolute atomic E-state index is 0.228. The van der Waals surface area contributed by atoms with E-state index < -0.39 is 17.9 Å². The molecular weight excluding hydrogens is 188 g/mol. The highest BCUT2D eigenvalue weighted by Gasteiger charge is 2.28. The van der Waals surface area contributed by atoms with Crippen molar-refractivity contribution in [1.82, 2.24) is 0 Å². The Morgan fingerprint density at radius 1 is 1.21 bits per heavy atom. The molecule has 0 unspecified atom stereocenters. The maximum atomic E-state index is 11.1. The fraction of sp³-hybridized carbons (Fsp3) is 0.556. The van der Waals surface area contributed by atoms with Gasteiger partial charge in [0.05, 0.1) is 7.11 Å². The maximum Gasteiger partial charge on any atom is 0.511 e. The molecule has 5 heteroatoms. The van der Waals surface area contributed by atoms with Crippen LogP contribution in [0.2, 0.25) is 0 Å². The second-order valence-corrected chi connectivity index (χ2v) is 3.13. The molecule has 0 amide bonds. The first-order valence-corrected chi connectivity index (χ1v) is 3.94. The number of rotatable bonds is 3. The molecular formula is C9H14O5. The van der Waals surface area contributed by atoms with Crippen LogP contribution < -0.4 is 0 Å². The fourth-order valence-corrected chi connectivity index (χ4v) is 0.574. The summed E-state index contributed by atoms with van der Waals surface area (Å²) in [6.07, 6.45) is -0.912. The molecule has 0 bridgehead atoms. The van der Waals surface area contributed by atoms with E-state index in [1.165, 1.54) is 27.9 Å². The zero-order valence-corrected chi connectivity index (χ0v) is 8.75. The van der Waals surface area contributed by atoms with Gasteiger partial charge in [0, 0.05) is 19.4 Å². The number of carbonyl (C=O) groups is 2. The normalized spacial score (nSPS) is 10.3. The Morgan fingerprint density at radius 2 is 1.71 bits per heavy atom. The summed E-state index contributed by atoms with van der Waals surface area (Å²) in [5.41, 5.74) is 0.228. The maximum absolute atomic E-state index is 11.1. The third kappa shape index (κ3) is 4.49. The van der Waals surface area contributed by atoms with E-state index in [0.717, 1.165) is 0 Å². The first-order valence-electron chi connectivity index (χ1n) is 3.94. The van der Waals surface area contributed by atoms with Crippen molar-refractivity contribution in [3.63, 3.8) is 0 Å². The third-order valence-electron chi connectivity index (χ3n) is 1.18. The van der Waals surface area contributed by atoms with E-state index in [2.05, 4.69) is 16.1 Å². The van der Waals surface area contributed by atoms with Gasteiger partial charge in [-0.1, -0.05) is 6.58 Å². The number of carbonyl (C=O) groups excluding carboxylic acids is 2. The second-order valence-electron chi connectivity index (χ2n) is 3.13. The van der Waals surface area contributed by atoms with Crippen molar-refractivity contribution in [3.05, 3.63) is 12.2 Å². The van der Waals surface area contributed by atoms with Crippen molar-refractivity contribution in [2.75, 3.05) is 7.11 Å². The summed E-state index contributed by atoms with van der Waals surface area (Å²) in [6, 6.07) is 0. The molecule has 0 heterocycles. The van der Waals surface area contributed by atoms with Gasteiger partial charge in [-0.05, 0) is 6.92 Å². The highest BCUT2D eigenvalue weighted by atomic mass is 16.8. The average molecular weight is 202 g/mol. The van der Waals surface area contributed by atoms with Crippen molar-refractivity contribution in [2.24, 2.45) is 0 Å². The van der Waals surface area contributed by atoms with Crippen molar-refractivity contribution >= 4 is 12.1 Å². The first kappa shape index (κ1) is 12.5. The minimum Gasteiger partial charge on any atom is -0.438 e. The molecule has 0 aliphatic heterocycles. The van der Waals surface area contributed by atoms with Crippen LogP contribution in [0.5, 0.6) is 0 Å². The van der Waals surface area contributed by atoms with Crippen LogP contribution in [-0.4, -0.2) is 25.0 Å². The molecule has 0 atom stereocenters. The molecule has 0 aliphatic carbocycles. The lowest BCUT2D eigenvalue weighted by molar-refractivity contribution is -0.195. The SMILES string of the molecule is C=C(C)C(=O)OC(C)(C)OC(=O)OC. The zero-order chi connectivity index (χ0) is 11.4. The van der Waals surface area contributed by atoms with Gasteiger partial charge in [-0.2, -0.15) is 0 Å². The Balaban J connectivity index is 4.27. The highest BCUT2D eigenvalue weighted by Crippen LogP contribution is 2.14. The molecule has 0 spiro atoms.